The van der Waals surface area contributed by atoms with Gasteiger partial charge in [0.15, 0.2) is 0 Å². The zero-order valence-corrected chi connectivity index (χ0v) is 19.4. The number of alkyl halides is 3. The number of morpholine rings is 1. The molecule has 4 rings (SSSR count). The quantitative estimate of drug-likeness (QED) is 0.459. The molecule has 0 aliphatic carbocycles. The number of amides is 2. The summed E-state index contributed by atoms with van der Waals surface area (Å²) < 4.78 is 46.7. The molecule has 3 aliphatic rings. The lowest BCUT2D eigenvalue weighted by Crippen LogP contribution is -2.58. The van der Waals surface area contributed by atoms with Crippen LogP contribution in [0.2, 0.25) is 0 Å². The number of nitriles is 1. The van der Waals surface area contributed by atoms with Crippen molar-refractivity contribution in [2.24, 2.45) is 11.8 Å². The van der Waals surface area contributed by atoms with E-state index in [4.69, 9.17) is 15.1 Å². The fourth-order valence-corrected chi connectivity index (χ4v) is 5.97. The van der Waals surface area contributed by atoms with Crippen molar-refractivity contribution >= 4 is 23.5 Å². The second-order valence-corrected chi connectivity index (χ2v) is 9.95. The minimum Gasteiger partial charge on any atom is -0.481 e. The Hall–Kier alpha value is -2.97. The van der Waals surface area contributed by atoms with E-state index in [0.29, 0.717) is 32.1 Å². The van der Waals surface area contributed by atoms with Gasteiger partial charge in [0.2, 0.25) is 11.8 Å². The average Bonchev–Trinajstić information content (AvgIpc) is 3.12. The van der Waals surface area contributed by atoms with Gasteiger partial charge in [-0.15, -0.1) is 0 Å². The number of carbonyl (C=O) groups excluding carboxylic acids is 2. The van der Waals surface area contributed by atoms with E-state index >= 15 is 0 Å². The van der Waals surface area contributed by atoms with Gasteiger partial charge in [-0.2, -0.15) is 18.4 Å². The summed E-state index contributed by atoms with van der Waals surface area (Å²) in [6, 6.07) is 4.34. The Kier molecular flexibility index (Phi) is 6.18. The highest BCUT2D eigenvalue weighted by molar-refractivity contribution is 6.23. The monoisotopic (exact) mass is 493 g/mol. The number of hydrogen-bond donors (Lipinski definition) is 1. The van der Waals surface area contributed by atoms with Crippen molar-refractivity contribution in [1.29, 1.82) is 5.26 Å². The molecule has 0 unspecified atom stereocenters. The predicted molar refractivity (Wildman–Crippen MR) is 116 cm³/mol. The second kappa shape index (κ2) is 8.60. The standard InChI is InChI=1S/C24H26F3N3O5/c1-22-12-29(9-5-3-4-6-17(31)32)13-23(2,35-22)19-18(22)20(33)30(21(19)34)15-8-7-14(11-28)16(10-15)24(25,26)27/h7-8,10,18-19H,3-6,9,12-13H2,1-2H3,(H,31,32)/t18-,19+,22+,23-. The number of ether oxygens (including phenoxy) is 1. The second-order valence-electron chi connectivity index (χ2n) is 9.95. The molecule has 1 aromatic carbocycles. The molecule has 3 saturated heterocycles. The summed E-state index contributed by atoms with van der Waals surface area (Å²) in [5.41, 5.74) is -3.99. The molecule has 11 heteroatoms. The third kappa shape index (κ3) is 4.29. The number of rotatable bonds is 7. The normalized spacial score (nSPS) is 30.5. The van der Waals surface area contributed by atoms with Crippen LogP contribution in [0.1, 0.15) is 50.7 Å². The number of carbonyl (C=O) groups is 3. The van der Waals surface area contributed by atoms with Gasteiger partial charge >= 0.3 is 12.1 Å². The van der Waals surface area contributed by atoms with Crippen molar-refractivity contribution in [2.45, 2.75) is 56.9 Å². The molecule has 3 fully saturated rings. The Bertz CT molecular complexity index is 1080. The lowest BCUT2D eigenvalue weighted by atomic mass is 9.79. The van der Waals surface area contributed by atoms with Crippen LogP contribution in [0.15, 0.2) is 18.2 Å². The maximum atomic E-state index is 13.5. The van der Waals surface area contributed by atoms with Crippen molar-refractivity contribution in [2.75, 3.05) is 24.5 Å². The average molecular weight is 493 g/mol. The summed E-state index contributed by atoms with van der Waals surface area (Å²) in [6.45, 7) is 4.90. The maximum Gasteiger partial charge on any atom is 0.417 e. The fourth-order valence-electron chi connectivity index (χ4n) is 5.97. The summed E-state index contributed by atoms with van der Waals surface area (Å²) in [6.07, 6.45) is -2.65. The van der Waals surface area contributed by atoms with E-state index in [1.807, 2.05) is 0 Å². The van der Waals surface area contributed by atoms with Crippen LogP contribution >= 0.6 is 0 Å². The molecule has 0 spiro atoms. The number of hydrogen-bond acceptors (Lipinski definition) is 6. The molecule has 2 bridgehead atoms. The van der Waals surface area contributed by atoms with Crippen LogP contribution < -0.4 is 4.90 Å². The highest BCUT2D eigenvalue weighted by Crippen LogP contribution is 2.55. The van der Waals surface area contributed by atoms with Crippen LogP contribution in [0.4, 0.5) is 18.9 Å². The van der Waals surface area contributed by atoms with Crippen molar-refractivity contribution in [3.8, 4) is 6.07 Å². The van der Waals surface area contributed by atoms with Gasteiger partial charge in [0.1, 0.15) is 0 Å². The first-order chi connectivity index (χ1) is 16.3. The molecule has 3 heterocycles. The highest BCUT2D eigenvalue weighted by Gasteiger charge is 2.71. The SMILES string of the molecule is C[C@]12CN(CCCCCC(=O)O)C[C@](C)(O1)[C@H]1C(=O)N(c3ccc(C#N)c(C(F)(F)F)c3)C(=O)[C@H]12. The number of imide groups is 1. The van der Waals surface area contributed by atoms with E-state index < -0.39 is 58.1 Å². The van der Waals surface area contributed by atoms with Crippen molar-refractivity contribution in [3.63, 3.8) is 0 Å². The van der Waals surface area contributed by atoms with E-state index in [0.717, 1.165) is 23.8 Å². The van der Waals surface area contributed by atoms with Crippen LogP contribution in [0, 0.1) is 23.2 Å². The largest absolute Gasteiger partial charge is 0.481 e. The maximum absolute atomic E-state index is 13.5. The molecule has 1 N–H and O–H groups in total. The number of halogens is 3. The van der Waals surface area contributed by atoms with Crippen molar-refractivity contribution in [1.82, 2.24) is 4.90 Å². The molecule has 188 valence electrons. The Morgan fingerprint density at radius 3 is 2.26 bits per heavy atom. The number of likely N-dealkylation sites (tertiary alicyclic amines) is 1. The first-order valence-electron chi connectivity index (χ1n) is 11.4. The molecule has 35 heavy (non-hydrogen) atoms. The predicted octanol–water partition coefficient (Wildman–Crippen LogP) is 3.19. The van der Waals surface area contributed by atoms with Gasteiger partial charge in [-0.3, -0.25) is 19.3 Å². The van der Waals surface area contributed by atoms with Crippen LogP contribution in [0.25, 0.3) is 0 Å². The molecular weight excluding hydrogens is 467 g/mol. The topological polar surface area (TPSA) is 111 Å². The van der Waals surface area contributed by atoms with Crippen LogP contribution in [0.3, 0.4) is 0 Å². The Morgan fingerprint density at radius 2 is 1.74 bits per heavy atom. The lowest BCUT2D eigenvalue weighted by molar-refractivity contribution is -0.169. The van der Waals surface area contributed by atoms with Gasteiger partial charge < -0.3 is 9.84 Å². The number of carboxylic acid groups (broad SMARTS) is 1. The van der Waals surface area contributed by atoms with Crippen molar-refractivity contribution < 1.29 is 37.4 Å². The van der Waals surface area contributed by atoms with E-state index in [1.165, 1.54) is 12.1 Å². The fraction of sp³-hybridized carbons (Fsp3) is 0.583. The number of benzene rings is 1. The van der Waals surface area contributed by atoms with Gasteiger partial charge in [0, 0.05) is 19.5 Å². The molecule has 0 aromatic heterocycles. The summed E-state index contributed by atoms with van der Waals surface area (Å²) in [5, 5.41) is 17.8. The van der Waals surface area contributed by atoms with Crippen molar-refractivity contribution in [3.05, 3.63) is 29.3 Å². The molecule has 1 aromatic rings. The molecule has 4 atom stereocenters. The number of anilines is 1. The summed E-state index contributed by atoms with van der Waals surface area (Å²) in [7, 11) is 0. The molecular formula is C24H26F3N3O5. The lowest BCUT2D eigenvalue weighted by Gasteiger charge is -2.45. The minimum atomic E-state index is -4.81. The first-order valence-corrected chi connectivity index (χ1v) is 11.4. The Labute approximate surface area is 200 Å². The molecule has 0 saturated carbocycles. The summed E-state index contributed by atoms with van der Waals surface area (Å²) in [5.74, 6) is -3.74. The van der Waals surface area contributed by atoms with E-state index in [2.05, 4.69) is 4.90 Å². The number of carboxylic acids is 1. The van der Waals surface area contributed by atoms with Crippen LogP contribution in [0.5, 0.6) is 0 Å². The van der Waals surface area contributed by atoms with Gasteiger partial charge in [0.05, 0.1) is 45.9 Å². The van der Waals surface area contributed by atoms with Gasteiger partial charge in [0.25, 0.3) is 0 Å². The van der Waals surface area contributed by atoms with E-state index in [-0.39, 0.29) is 12.1 Å². The number of unbranched alkanes of at least 4 members (excludes halogenated alkanes) is 2. The van der Waals surface area contributed by atoms with Crippen LogP contribution in [-0.4, -0.2) is 58.6 Å². The summed E-state index contributed by atoms with van der Waals surface area (Å²) in [4.78, 5) is 40.6. The molecule has 3 aliphatic heterocycles. The first kappa shape index (κ1) is 25.1. The molecule has 0 radical (unpaired) electrons. The van der Waals surface area contributed by atoms with Gasteiger partial charge in [-0.05, 0) is 51.4 Å². The van der Waals surface area contributed by atoms with E-state index in [1.54, 1.807) is 13.8 Å². The van der Waals surface area contributed by atoms with Crippen LogP contribution in [-0.2, 0) is 25.3 Å². The third-order valence-electron chi connectivity index (χ3n) is 7.22. The van der Waals surface area contributed by atoms with E-state index in [9.17, 15) is 27.6 Å². The third-order valence-corrected chi connectivity index (χ3v) is 7.22. The number of nitrogens with zero attached hydrogens (tertiary/aromatic N) is 3. The number of fused-ring (bicyclic) bond motifs is 5. The summed E-state index contributed by atoms with van der Waals surface area (Å²) >= 11 is 0. The smallest absolute Gasteiger partial charge is 0.417 e. The minimum absolute atomic E-state index is 0.104. The highest BCUT2D eigenvalue weighted by atomic mass is 19.4. The Balaban J connectivity index is 1.57. The molecule has 2 amide bonds. The zero-order chi connectivity index (χ0) is 25.8. The van der Waals surface area contributed by atoms with Gasteiger partial charge in [-0.1, -0.05) is 6.42 Å². The van der Waals surface area contributed by atoms with Gasteiger partial charge in [-0.25, -0.2) is 4.90 Å². The molecule has 8 nitrogen and oxygen atoms in total. The zero-order valence-electron chi connectivity index (χ0n) is 19.4. The Morgan fingerprint density at radius 1 is 1.14 bits per heavy atom. The number of aliphatic carboxylic acids is 1.